The summed E-state index contributed by atoms with van der Waals surface area (Å²) >= 11 is 0. The quantitative estimate of drug-likeness (QED) is 0.229. The third-order valence-electron chi connectivity index (χ3n) is 5.94. The fraction of sp³-hybridized carbons (Fsp3) is 0.385. The van der Waals surface area contributed by atoms with E-state index in [0.29, 0.717) is 5.92 Å². The Balaban J connectivity index is 0.00000306. The normalized spacial score (nSPS) is 14.5. The highest BCUT2D eigenvalue weighted by Gasteiger charge is 2.19. The molecule has 7 heteroatoms. The number of pyridine rings is 1. The zero-order valence-electron chi connectivity index (χ0n) is 19.0. The van der Waals surface area contributed by atoms with Gasteiger partial charge in [0, 0.05) is 57.2 Å². The Hall–Kier alpha value is -2.55. The second-order valence-electron chi connectivity index (χ2n) is 8.24. The van der Waals surface area contributed by atoms with Gasteiger partial charge in [-0.25, -0.2) is 0 Å². The fourth-order valence-corrected chi connectivity index (χ4v) is 4.05. The molecule has 6 nitrogen and oxygen atoms in total. The molecule has 0 radical (unpaired) electrons. The van der Waals surface area contributed by atoms with Crippen molar-refractivity contribution in [2.45, 2.75) is 25.7 Å². The number of anilines is 1. The van der Waals surface area contributed by atoms with Crippen molar-refractivity contribution >= 4 is 35.6 Å². The first-order valence-electron chi connectivity index (χ1n) is 11.6. The molecule has 1 fully saturated rings. The van der Waals surface area contributed by atoms with Crippen LogP contribution in [0.25, 0.3) is 0 Å². The minimum Gasteiger partial charge on any atom is -0.469 e. The number of guanidine groups is 1. The van der Waals surface area contributed by atoms with Gasteiger partial charge in [0.25, 0.3) is 0 Å². The van der Waals surface area contributed by atoms with Crippen LogP contribution in [-0.2, 0) is 12.8 Å². The Bertz CT molecular complexity index is 926. The number of aromatic nitrogens is 1. The summed E-state index contributed by atoms with van der Waals surface area (Å²) in [6.45, 7) is 4.66. The predicted molar refractivity (Wildman–Crippen MR) is 145 cm³/mol. The number of nitrogens with one attached hydrogen (secondary N) is 2. The summed E-state index contributed by atoms with van der Waals surface area (Å²) in [5.41, 5.74) is 2.60. The lowest BCUT2D eigenvalue weighted by Gasteiger charge is -2.33. The summed E-state index contributed by atoms with van der Waals surface area (Å²) < 4.78 is 5.45. The molecular weight excluding hydrogens is 525 g/mol. The van der Waals surface area contributed by atoms with Crippen molar-refractivity contribution in [2.75, 3.05) is 37.6 Å². The molecule has 0 aliphatic carbocycles. The van der Waals surface area contributed by atoms with E-state index in [-0.39, 0.29) is 24.0 Å². The van der Waals surface area contributed by atoms with Crippen molar-refractivity contribution < 1.29 is 4.42 Å². The second kappa shape index (κ2) is 13.9. The molecule has 3 heterocycles. The second-order valence-corrected chi connectivity index (χ2v) is 8.24. The van der Waals surface area contributed by atoms with Gasteiger partial charge in [-0.15, -0.1) is 24.0 Å². The van der Waals surface area contributed by atoms with Gasteiger partial charge in [0.1, 0.15) is 5.76 Å². The van der Waals surface area contributed by atoms with E-state index in [4.69, 9.17) is 9.41 Å². The Kier molecular flexibility index (Phi) is 10.5. The number of piperidine rings is 1. The SMILES string of the molecule is I.c1ccc(CCNC(=NCC2CCN(c3ccncc3)CC2)NCCc2ccco2)cc1. The third-order valence-corrected chi connectivity index (χ3v) is 5.94. The van der Waals surface area contributed by atoms with Gasteiger partial charge in [0.15, 0.2) is 5.96 Å². The van der Waals surface area contributed by atoms with E-state index in [0.717, 1.165) is 70.1 Å². The highest BCUT2D eigenvalue weighted by molar-refractivity contribution is 14.0. The van der Waals surface area contributed by atoms with Gasteiger partial charge >= 0.3 is 0 Å². The van der Waals surface area contributed by atoms with Crippen LogP contribution in [-0.4, -0.2) is 43.7 Å². The molecule has 1 saturated heterocycles. The lowest BCUT2D eigenvalue weighted by atomic mass is 9.97. The number of nitrogens with zero attached hydrogens (tertiary/aromatic N) is 3. The van der Waals surface area contributed by atoms with Gasteiger partial charge in [-0.2, -0.15) is 0 Å². The van der Waals surface area contributed by atoms with Crippen molar-refractivity contribution in [1.82, 2.24) is 15.6 Å². The van der Waals surface area contributed by atoms with E-state index in [1.807, 2.05) is 24.5 Å². The average molecular weight is 559 g/mol. The Morgan fingerprint density at radius 3 is 2.36 bits per heavy atom. The Morgan fingerprint density at radius 2 is 1.67 bits per heavy atom. The summed E-state index contributed by atoms with van der Waals surface area (Å²) in [7, 11) is 0. The maximum atomic E-state index is 5.45. The molecule has 2 aromatic heterocycles. The van der Waals surface area contributed by atoms with Crippen LogP contribution in [0, 0.1) is 5.92 Å². The van der Waals surface area contributed by atoms with Crippen LogP contribution in [0.1, 0.15) is 24.2 Å². The monoisotopic (exact) mass is 559 g/mol. The molecule has 33 heavy (non-hydrogen) atoms. The van der Waals surface area contributed by atoms with Gasteiger partial charge < -0.3 is 20.0 Å². The zero-order chi connectivity index (χ0) is 21.8. The summed E-state index contributed by atoms with van der Waals surface area (Å²) in [6.07, 6.45) is 9.60. The molecule has 1 aromatic carbocycles. The van der Waals surface area contributed by atoms with Crippen LogP contribution in [0.4, 0.5) is 5.69 Å². The largest absolute Gasteiger partial charge is 0.469 e. The van der Waals surface area contributed by atoms with Crippen LogP contribution in [0.3, 0.4) is 0 Å². The number of hydrogen-bond acceptors (Lipinski definition) is 4. The van der Waals surface area contributed by atoms with Gasteiger partial charge in [0.05, 0.1) is 6.26 Å². The number of benzene rings is 1. The van der Waals surface area contributed by atoms with E-state index < -0.39 is 0 Å². The molecule has 0 amide bonds. The van der Waals surface area contributed by atoms with Crippen molar-refractivity contribution in [3.63, 3.8) is 0 Å². The molecule has 1 aliphatic rings. The van der Waals surface area contributed by atoms with E-state index in [9.17, 15) is 0 Å². The third kappa shape index (κ3) is 8.38. The number of rotatable bonds is 9. The number of furan rings is 1. The number of halogens is 1. The van der Waals surface area contributed by atoms with Gasteiger partial charge in [-0.05, 0) is 55.0 Å². The van der Waals surface area contributed by atoms with Crippen molar-refractivity contribution in [1.29, 1.82) is 0 Å². The lowest BCUT2D eigenvalue weighted by Crippen LogP contribution is -2.40. The van der Waals surface area contributed by atoms with Gasteiger partial charge in [0.2, 0.25) is 0 Å². The fourth-order valence-electron chi connectivity index (χ4n) is 4.05. The molecule has 0 saturated carbocycles. The molecule has 0 atom stereocenters. The minimum atomic E-state index is 0. The average Bonchev–Trinajstić information content (AvgIpc) is 3.37. The van der Waals surface area contributed by atoms with Crippen molar-refractivity contribution in [2.24, 2.45) is 10.9 Å². The first kappa shape index (κ1) is 25.1. The molecule has 1 aliphatic heterocycles. The van der Waals surface area contributed by atoms with E-state index in [2.05, 4.69) is 63.0 Å². The maximum absolute atomic E-state index is 5.45. The molecular formula is C26H34IN5O. The van der Waals surface area contributed by atoms with E-state index in [1.165, 1.54) is 11.3 Å². The summed E-state index contributed by atoms with van der Waals surface area (Å²) in [6, 6.07) is 18.7. The predicted octanol–water partition coefficient (Wildman–Crippen LogP) is 4.53. The first-order chi connectivity index (χ1) is 15.9. The van der Waals surface area contributed by atoms with Crippen LogP contribution < -0.4 is 15.5 Å². The van der Waals surface area contributed by atoms with Crippen molar-refractivity contribution in [3.8, 4) is 0 Å². The van der Waals surface area contributed by atoms with Crippen LogP contribution in [0.2, 0.25) is 0 Å². The summed E-state index contributed by atoms with van der Waals surface area (Å²) in [5.74, 6) is 2.50. The number of hydrogen-bond donors (Lipinski definition) is 2. The molecule has 2 N–H and O–H groups in total. The molecule has 176 valence electrons. The Labute approximate surface area is 213 Å². The maximum Gasteiger partial charge on any atom is 0.191 e. The summed E-state index contributed by atoms with van der Waals surface area (Å²) in [4.78, 5) is 11.5. The van der Waals surface area contributed by atoms with Gasteiger partial charge in [-0.3, -0.25) is 9.98 Å². The highest BCUT2D eigenvalue weighted by Crippen LogP contribution is 2.22. The smallest absolute Gasteiger partial charge is 0.191 e. The van der Waals surface area contributed by atoms with Crippen molar-refractivity contribution in [3.05, 3.63) is 84.6 Å². The van der Waals surface area contributed by atoms with Gasteiger partial charge in [-0.1, -0.05) is 30.3 Å². The number of aliphatic imine (C=N–C) groups is 1. The molecule has 0 bridgehead atoms. The van der Waals surface area contributed by atoms with Crippen LogP contribution in [0.5, 0.6) is 0 Å². The first-order valence-corrected chi connectivity index (χ1v) is 11.6. The molecule has 4 rings (SSSR count). The van der Waals surface area contributed by atoms with Crippen LogP contribution in [0.15, 0.2) is 82.7 Å². The van der Waals surface area contributed by atoms with Crippen LogP contribution >= 0.6 is 24.0 Å². The summed E-state index contributed by atoms with van der Waals surface area (Å²) in [5, 5.41) is 6.99. The Morgan fingerprint density at radius 1 is 0.939 bits per heavy atom. The topological polar surface area (TPSA) is 65.7 Å². The molecule has 3 aromatic rings. The van der Waals surface area contributed by atoms with E-state index >= 15 is 0 Å². The highest BCUT2D eigenvalue weighted by atomic mass is 127. The van der Waals surface area contributed by atoms with E-state index in [1.54, 1.807) is 6.26 Å². The minimum absolute atomic E-state index is 0. The lowest BCUT2D eigenvalue weighted by molar-refractivity contribution is 0.414. The molecule has 0 unspecified atom stereocenters. The zero-order valence-corrected chi connectivity index (χ0v) is 21.4. The molecule has 0 spiro atoms. The standard InChI is InChI=1S/C26H33N5O.HI/c1-2-5-22(6-3-1)8-16-28-26(29-17-11-25-7-4-20-32-25)30-21-23-12-18-31(19-13-23)24-9-14-27-15-10-24;/h1-7,9-10,14-15,20,23H,8,11-13,16-19,21H2,(H2,28,29,30);1H.